The van der Waals surface area contributed by atoms with Gasteiger partial charge in [-0.1, -0.05) is 66.2 Å². The molecule has 1 aromatic heterocycles. The van der Waals surface area contributed by atoms with E-state index in [-0.39, 0.29) is 12.1 Å². The third-order valence-corrected chi connectivity index (χ3v) is 7.73. The summed E-state index contributed by atoms with van der Waals surface area (Å²) in [6.45, 7) is 1.95. The molecule has 0 spiro atoms. The Hall–Kier alpha value is -3.94. The summed E-state index contributed by atoms with van der Waals surface area (Å²) in [7, 11) is 1.58. The number of amides is 1. The Balaban J connectivity index is 1.56. The largest absolute Gasteiger partial charge is 0.503 e. The summed E-state index contributed by atoms with van der Waals surface area (Å²) in [6.07, 6.45) is 0. The van der Waals surface area contributed by atoms with Crippen LogP contribution < -0.4 is 4.74 Å². The van der Waals surface area contributed by atoms with Crippen molar-refractivity contribution in [1.29, 1.82) is 0 Å². The van der Waals surface area contributed by atoms with Gasteiger partial charge in [-0.15, -0.1) is 11.3 Å². The number of ether oxygens (including phenoxy) is 1. The van der Waals surface area contributed by atoms with Crippen LogP contribution in [0.15, 0.2) is 90.2 Å². The number of halogens is 1. The van der Waals surface area contributed by atoms with Crippen molar-refractivity contribution in [3.63, 3.8) is 0 Å². The van der Waals surface area contributed by atoms with Crippen LogP contribution in [0, 0.1) is 6.92 Å². The van der Waals surface area contributed by atoms with Gasteiger partial charge in [0.2, 0.25) is 5.78 Å². The molecular weight excluding hydrogens is 508 g/mol. The molecule has 5 rings (SSSR count). The number of hydrogen-bond donors (Lipinski definition) is 1. The highest BCUT2D eigenvalue weighted by atomic mass is 35.5. The van der Waals surface area contributed by atoms with Crippen LogP contribution in [0.2, 0.25) is 5.02 Å². The summed E-state index contributed by atoms with van der Waals surface area (Å²) in [5.74, 6) is -0.880. The van der Waals surface area contributed by atoms with Crippen LogP contribution in [0.5, 0.6) is 5.75 Å². The number of methoxy groups -OCH3 is 1. The molecule has 3 aromatic carbocycles. The summed E-state index contributed by atoms with van der Waals surface area (Å²) in [5, 5.41) is 12.3. The van der Waals surface area contributed by atoms with E-state index in [4.69, 9.17) is 16.3 Å². The summed E-state index contributed by atoms with van der Waals surface area (Å²) < 4.78 is 5.23. The fourth-order valence-electron chi connectivity index (χ4n) is 4.40. The lowest BCUT2D eigenvalue weighted by molar-refractivity contribution is -0.130. The van der Waals surface area contributed by atoms with Crippen molar-refractivity contribution in [3.8, 4) is 16.3 Å². The average molecular weight is 531 g/mol. The van der Waals surface area contributed by atoms with E-state index in [0.29, 0.717) is 31.9 Å². The number of thiazole rings is 1. The molecule has 0 saturated heterocycles. The molecule has 1 amide bonds. The summed E-state index contributed by atoms with van der Waals surface area (Å²) in [5.41, 5.74) is 2.97. The predicted molar refractivity (Wildman–Crippen MR) is 144 cm³/mol. The van der Waals surface area contributed by atoms with E-state index in [1.165, 1.54) is 16.2 Å². The van der Waals surface area contributed by atoms with Crippen molar-refractivity contribution >= 4 is 34.6 Å². The van der Waals surface area contributed by atoms with Gasteiger partial charge in [-0.05, 0) is 42.3 Å². The molecule has 186 valence electrons. The highest BCUT2D eigenvalue weighted by molar-refractivity contribution is 7.17. The molecule has 0 fully saturated rings. The molecule has 37 heavy (non-hydrogen) atoms. The molecule has 0 saturated carbocycles. The van der Waals surface area contributed by atoms with E-state index in [9.17, 15) is 14.7 Å². The second-order valence-electron chi connectivity index (χ2n) is 8.63. The van der Waals surface area contributed by atoms with Crippen LogP contribution in [0.4, 0.5) is 0 Å². The van der Waals surface area contributed by atoms with Crippen LogP contribution in [0.25, 0.3) is 10.6 Å². The Labute approximate surface area is 223 Å². The lowest BCUT2D eigenvalue weighted by Gasteiger charge is -2.27. The van der Waals surface area contributed by atoms with E-state index in [1.54, 1.807) is 50.4 Å². The Bertz CT molecular complexity index is 1500. The molecule has 1 aliphatic rings. The maximum atomic E-state index is 13.9. The number of benzene rings is 3. The fourth-order valence-corrected chi connectivity index (χ4v) is 5.55. The minimum atomic E-state index is -0.791. The molecule has 0 radical (unpaired) electrons. The third-order valence-electron chi connectivity index (χ3n) is 6.27. The molecule has 1 atom stereocenters. The quantitative estimate of drug-likeness (QED) is 0.274. The maximum absolute atomic E-state index is 13.9. The van der Waals surface area contributed by atoms with Gasteiger partial charge < -0.3 is 14.7 Å². The van der Waals surface area contributed by atoms with Gasteiger partial charge in [0.1, 0.15) is 10.8 Å². The number of ketones is 1. The average Bonchev–Trinajstić information content (AvgIpc) is 3.43. The van der Waals surface area contributed by atoms with E-state index in [2.05, 4.69) is 4.98 Å². The van der Waals surface area contributed by atoms with E-state index >= 15 is 0 Å². The Morgan fingerprint density at radius 1 is 1.05 bits per heavy atom. The Morgan fingerprint density at radius 3 is 2.38 bits per heavy atom. The van der Waals surface area contributed by atoms with E-state index in [1.807, 2.05) is 42.5 Å². The van der Waals surface area contributed by atoms with Gasteiger partial charge in [0, 0.05) is 17.1 Å². The molecule has 4 aromatic rings. The molecular formula is C29H23ClN2O4S. The number of carbonyl (C=O) groups is 2. The molecule has 0 bridgehead atoms. The molecule has 1 N–H and O–H groups in total. The monoisotopic (exact) mass is 530 g/mol. The lowest BCUT2D eigenvalue weighted by Crippen LogP contribution is -2.30. The topological polar surface area (TPSA) is 79.7 Å². The summed E-state index contributed by atoms with van der Waals surface area (Å²) >= 11 is 7.37. The van der Waals surface area contributed by atoms with Crippen LogP contribution in [-0.4, -0.2) is 33.8 Å². The van der Waals surface area contributed by atoms with E-state index < -0.39 is 23.5 Å². The van der Waals surface area contributed by atoms with Crippen LogP contribution >= 0.6 is 22.9 Å². The first-order chi connectivity index (χ1) is 17.9. The number of rotatable bonds is 7. The van der Waals surface area contributed by atoms with Gasteiger partial charge in [0.15, 0.2) is 5.76 Å². The second-order valence-corrected chi connectivity index (χ2v) is 10.1. The Kier molecular flexibility index (Phi) is 6.82. The highest BCUT2D eigenvalue weighted by Gasteiger charge is 2.44. The minimum Gasteiger partial charge on any atom is -0.503 e. The number of aryl methyl sites for hydroxylation is 1. The zero-order chi connectivity index (χ0) is 26.1. The van der Waals surface area contributed by atoms with Crippen LogP contribution in [-0.2, 0) is 11.3 Å². The van der Waals surface area contributed by atoms with Crippen molar-refractivity contribution in [3.05, 3.63) is 117 Å². The normalized spacial score (nSPS) is 15.4. The number of Topliss-reactive ketones (excluding diaryl/α,β-unsaturated/α-hetero) is 1. The molecule has 2 heterocycles. The molecule has 1 unspecified atom stereocenters. The first-order valence-electron chi connectivity index (χ1n) is 11.6. The number of aliphatic hydroxyl groups excluding tert-OH is 1. The zero-order valence-corrected chi connectivity index (χ0v) is 21.7. The smallest absolute Gasteiger partial charge is 0.290 e. The van der Waals surface area contributed by atoms with Crippen molar-refractivity contribution in [1.82, 2.24) is 9.88 Å². The first-order valence-corrected chi connectivity index (χ1v) is 12.8. The molecule has 0 aliphatic carbocycles. The van der Waals surface area contributed by atoms with Crippen molar-refractivity contribution < 1.29 is 19.4 Å². The van der Waals surface area contributed by atoms with E-state index in [0.717, 1.165) is 11.1 Å². The standard InChI is InChI=1S/C29H23ClN2O4S/c1-17-27(37-28(31-17)20-6-4-3-5-7-20)25(33)23-24(19-10-12-21(30)13-11-19)32(29(35)26(23)34)16-18-8-14-22(36-2)15-9-18/h3-15,24,34H,16H2,1-2H3. The van der Waals surface area contributed by atoms with Gasteiger partial charge in [-0.3, -0.25) is 9.59 Å². The lowest BCUT2D eigenvalue weighted by atomic mass is 9.95. The number of aliphatic hydroxyl groups is 1. The second kappa shape index (κ2) is 10.2. The van der Waals surface area contributed by atoms with Crippen molar-refractivity contribution in [2.45, 2.75) is 19.5 Å². The number of carbonyl (C=O) groups excluding carboxylic acids is 2. The number of hydrogen-bond acceptors (Lipinski definition) is 6. The van der Waals surface area contributed by atoms with Gasteiger partial charge in [-0.25, -0.2) is 4.98 Å². The van der Waals surface area contributed by atoms with Gasteiger partial charge in [0.05, 0.1) is 29.3 Å². The van der Waals surface area contributed by atoms with Crippen molar-refractivity contribution in [2.24, 2.45) is 0 Å². The highest BCUT2D eigenvalue weighted by Crippen LogP contribution is 2.42. The fraction of sp³-hybridized carbons (Fsp3) is 0.138. The minimum absolute atomic E-state index is 0.0344. The SMILES string of the molecule is COc1ccc(CN2C(=O)C(O)=C(C(=O)c3sc(-c4ccccc4)nc3C)C2c2ccc(Cl)cc2)cc1. The third kappa shape index (κ3) is 4.75. The maximum Gasteiger partial charge on any atom is 0.290 e. The summed E-state index contributed by atoms with van der Waals surface area (Å²) in [4.78, 5) is 33.8. The molecule has 8 heteroatoms. The zero-order valence-electron chi connectivity index (χ0n) is 20.1. The van der Waals surface area contributed by atoms with Gasteiger partial charge in [0.25, 0.3) is 5.91 Å². The molecule has 1 aliphatic heterocycles. The summed E-state index contributed by atoms with van der Waals surface area (Å²) in [6, 6.07) is 23.0. The number of aromatic nitrogens is 1. The number of nitrogens with zero attached hydrogens (tertiary/aromatic N) is 2. The Morgan fingerprint density at radius 2 is 1.73 bits per heavy atom. The van der Waals surface area contributed by atoms with Gasteiger partial charge >= 0.3 is 0 Å². The predicted octanol–water partition coefficient (Wildman–Crippen LogP) is 6.56. The van der Waals surface area contributed by atoms with Crippen LogP contribution in [0.1, 0.15) is 32.5 Å². The first kappa shape index (κ1) is 24.7. The van der Waals surface area contributed by atoms with Crippen molar-refractivity contribution in [2.75, 3.05) is 7.11 Å². The van der Waals surface area contributed by atoms with Gasteiger partial charge in [-0.2, -0.15) is 0 Å². The van der Waals surface area contributed by atoms with Crippen LogP contribution in [0.3, 0.4) is 0 Å². The molecule has 6 nitrogen and oxygen atoms in total.